The molecular weight excluding hydrogens is 274 g/mol. The molecule has 1 aromatic rings. The van der Waals surface area contributed by atoms with Crippen LogP contribution in [0, 0.1) is 10.6 Å². The van der Waals surface area contributed by atoms with Crippen molar-refractivity contribution in [2.75, 3.05) is 0 Å². The van der Waals surface area contributed by atoms with E-state index in [4.69, 9.17) is 4.74 Å². The van der Waals surface area contributed by atoms with Crippen LogP contribution in [0.5, 0.6) is 5.75 Å². The summed E-state index contributed by atoms with van der Waals surface area (Å²) < 4.78 is 7.13. The summed E-state index contributed by atoms with van der Waals surface area (Å²) in [5.74, 6) is 0.797. The van der Waals surface area contributed by atoms with E-state index in [1.807, 2.05) is 38.1 Å². The molecule has 1 aliphatic carbocycles. The number of fused-ring (bicyclic) bond motifs is 5. The molecule has 0 atom stereocenters. The Morgan fingerprint density at radius 1 is 1.18 bits per heavy atom. The van der Waals surface area contributed by atoms with Gasteiger partial charge in [-0.2, -0.15) is 4.74 Å². The Morgan fingerprint density at radius 2 is 1.95 bits per heavy atom. The maximum Gasteiger partial charge on any atom is 0.235 e. The smallest absolute Gasteiger partial charge is 0.235 e. The molecular formula is C19H21NO2. The molecule has 0 amide bonds. The minimum atomic E-state index is -0.325. The highest BCUT2D eigenvalue weighted by atomic mass is 16.5. The number of benzene rings is 1. The van der Waals surface area contributed by atoms with Gasteiger partial charge in [0.05, 0.1) is 16.7 Å². The summed E-state index contributed by atoms with van der Waals surface area (Å²) in [4.78, 5) is 0. The van der Waals surface area contributed by atoms with Crippen molar-refractivity contribution in [2.24, 2.45) is 5.41 Å². The van der Waals surface area contributed by atoms with Crippen LogP contribution in [0.25, 0.3) is 11.6 Å². The standard InChI is InChI=1S/C19H21NO2/c1-18(2)9-8-15-14(11-18)12-5-6-16-13(17(12)20(15)21)7-10-19(3,4)22-16/h5-7,10-11H,8-9H2,1-4H3. The number of hydrogen-bond acceptors (Lipinski definition) is 2. The molecule has 0 bridgehead atoms. The Morgan fingerprint density at radius 3 is 2.73 bits per heavy atom. The predicted molar refractivity (Wildman–Crippen MR) is 89.5 cm³/mol. The lowest BCUT2D eigenvalue weighted by Gasteiger charge is -2.28. The average Bonchev–Trinajstić information content (AvgIpc) is 2.69. The van der Waals surface area contributed by atoms with E-state index in [0.29, 0.717) is 0 Å². The molecule has 3 aliphatic rings. The van der Waals surface area contributed by atoms with Gasteiger partial charge in [0.15, 0.2) is 0 Å². The number of rotatable bonds is 0. The summed E-state index contributed by atoms with van der Waals surface area (Å²) in [5, 5.41) is 12.8. The molecule has 3 nitrogen and oxygen atoms in total. The molecule has 0 aromatic heterocycles. The van der Waals surface area contributed by atoms with Crippen LogP contribution in [0.3, 0.4) is 0 Å². The summed E-state index contributed by atoms with van der Waals surface area (Å²) in [7, 11) is 0. The Hall–Kier alpha value is -2.03. The maximum atomic E-state index is 12.8. The molecule has 114 valence electrons. The van der Waals surface area contributed by atoms with E-state index < -0.39 is 0 Å². The van der Waals surface area contributed by atoms with E-state index in [2.05, 4.69) is 19.9 Å². The number of ether oxygens (including phenoxy) is 1. The lowest BCUT2D eigenvalue weighted by Crippen LogP contribution is -2.27. The topological polar surface area (TPSA) is 35.3 Å². The van der Waals surface area contributed by atoms with Crippen LogP contribution in [-0.4, -0.2) is 16.1 Å². The zero-order chi connectivity index (χ0) is 15.7. The quantitative estimate of drug-likeness (QED) is 0.515. The van der Waals surface area contributed by atoms with E-state index in [9.17, 15) is 5.21 Å². The van der Waals surface area contributed by atoms with Gasteiger partial charge in [-0.15, -0.1) is 0 Å². The second-order valence-electron chi connectivity index (χ2n) is 7.70. The first kappa shape index (κ1) is 13.6. The zero-order valence-electron chi connectivity index (χ0n) is 13.6. The lowest BCUT2D eigenvalue weighted by atomic mass is 9.77. The van der Waals surface area contributed by atoms with Gasteiger partial charge >= 0.3 is 0 Å². The van der Waals surface area contributed by atoms with Gasteiger partial charge in [0.25, 0.3) is 0 Å². The number of hydrogen-bond donors (Lipinski definition) is 0. The minimum Gasteiger partial charge on any atom is -0.618 e. The van der Waals surface area contributed by atoms with Crippen LogP contribution in [0.1, 0.15) is 51.7 Å². The van der Waals surface area contributed by atoms with E-state index in [0.717, 1.165) is 51.4 Å². The first-order valence-electron chi connectivity index (χ1n) is 7.89. The molecule has 1 aromatic carbocycles. The highest BCUT2D eigenvalue weighted by molar-refractivity contribution is 6.26. The summed E-state index contributed by atoms with van der Waals surface area (Å²) >= 11 is 0. The predicted octanol–water partition coefficient (Wildman–Crippen LogP) is 4.67. The van der Waals surface area contributed by atoms with Crippen molar-refractivity contribution in [3.05, 3.63) is 40.6 Å². The van der Waals surface area contributed by atoms with Gasteiger partial charge < -0.3 is 9.94 Å². The Labute approximate surface area is 131 Å². The van der Waals surface area contributed by atoms with Gasteiger partial charge in [0.1, 0.15) is 11.4 Å². The van der Waals surface area contributed by atoms with Crippen LogP contribution < -0.4 is 4.74 Å². The second-order valence-corrected chi connectivity index (χ2v) is 7.70. The minimum absolute atomic E-state index is 0.144. The van der Waals surface area contributed by atoms with Gasteiger partial charge in [-0.3, -0.25) is 0 Å². The van der Waals surface area contributed by atoms with E-state index in [-0.39, 0.29) is 11.0 Å². The molecule has 0 fully saturated rings. The summed E-state index contributed by atoms with van der Waals surface area (Å²) in [6, 6.07) is 4.03. The van der Waals surface area contributed by atoms with Crippen molar-refractivity contribution in [1.29, 1.82) is 0 Å². The Balaban J connectivity index is 1.95. The summed E-state index contributed by atoms with van der Waals surface area (Å²) in [5.41, 5.74) is 4.55. The van der Waals surface area contributed by atoms with Crippen LogP contribution in [0.2, 0.25) is 0 Å². The van der Waals surface area contributed by atoms with Crippen LogP contribution in [0.4, 0.5) is 5.69 Å². The molecule has 2 heterocycles. The van der Waals surface area contributed by atoms with Crippen LogP contribution in [-0.2, 0) is 0 Å². The fraction of sp³-hybridized carbons (Fsp3) is 0.421. The molecule has 0 spiro atoms. The second kappa shape index (κ2) is 4.03. The zero-order valence-corrected chi connectivity index (χ0v) is 13.6. The monoisotopic (exact) mass is 295 g/mol. The van der Waals surface area contributed by atoms with Crippen LogP contribution in [0.15, 0.2) is 24.3 Å². The van der Waals surface area contributed by atoms with Crippen molar-refractivity contribution in [2.45, 2.75) is 46.1 Å². The van der Waals surface area contributed by atoms with Crippen LogP contribution >= 0.6 is 0 Å². The van der Waals surface area contributed by atoms with Gasteiger partial charge in [-0.05, 0) is 50.0 Å². The van der Waals surface area contributed by atoms with Crippen molar-refractivity contribution >= 4 is 23.0 Å². The summed E-state index contributed by atoms with van der Waals surface area (Å²) in [6.45, 7) is 8.50. The van der Waals surface area contributed by atoms with Crippen molar-refractivity contribution < 1.29 is 9.48 Å². The van der Waals surface area contributed by atoms with Gasteiger partial charge in [0, 0.05) is 6.42 Å². The molecule has 0 saturated carbocycles. The number of allylic oxidation sites excluding steroid dienone is 2. The lowest BCUT2D eigenvalue weighted by molar-refractivity contribution is -0.358. The fourth-order valence-electron chi connectivity index (χ4n) is 3.58. The average molecular weight is 295 g/mol. The van der Waals surface area contributed by atoms with E-state index in [1.165, 1.54) is 0 Å². The highest BCUT2D eigenvalue weighted by Crippen LogP contribution is 2.48. The molecule has 0 N–H and O–H groups in total. The molecule has 22 heavy (non-hydrogen) atoms. The molecule has 3 heteroatoms. The SMILES string of the molecule is CC1(C)C=C2C(=[N+]([O-])c3c2ccc2c3C=CC(C)(C)O2)CC1. The van der Waals surface area contributed by atoms with E-state index in [1.54, 1.807) is 0 Å². The normalized spacial score (nSPS) is 23.4. The number of nitrogens with zero attached hydrogens (tertiary/aromatic N) is 1. The Bertz CT molecular complexity index is 779. The molecule has 0 saturated heterocycles. The van der Waals surface area contributed by atoms with Crippen molar-refractivity contribution in [1.82, 2.24) is 0 Å². The Kier molecular flexibility index (Phi) is 2.50. The van der Waals surface area contributed by atoms with Crippen molar-refractivity contribution in [3.8, 4) is 5.75 Å². The molecule has 0 radical (unpaired) electrons. The third kappa shape index (κ3) is 1.84. The first-order valence-corrected chi connectivity index (χ1v) is 7.89. The largest absolute Gasteiger partial charge is 0.618 e. The fourth-order valence-corrected chi connectivity index (χ4v) is 3.58. The van der Waals surface area contributed by atoms with E-state index >= 15 is 0 Å². The van der Waals surface area contributed by atoms with Gasteiger partial charge in [-0.1, -0.05) is 19.9 Å². The van der Waals surface area contributed by atoms with Gasteiger partial charge in [0.2, 0.25) is 11.4 Å². The summed E-state index contributed by atoms with van der Waals surface area (Å²) in [6.07, 6.45) is 8.16. The third-order valence-electron chi connectivity index (χ3n) is 4.79. The maximum absolute atomic E-state index is 12.8. The van der Waals surface area contributed by atoms with Crippen molar-refractivity contribution in [3.63, 3.8) is 0 Å². The molecule has 2 aliphatic heterocycles. The first-order chi connectivity index (χ1) is 10.3. The van der Waals surface area contributed by atoms with Gasteiger partial charge in [-0.25, -0.2) is 0 Å². The highest BCUT2D eigenvalue weighted by Gasteiger charge is 2.40. The third-order valence-corrected chi connectivity index (χ3v) is 4.79. The molecule has 4 rings (SSSR count). The molecule has 0 unspecified atom stereocenters.